The van der Waals surface area contributed by atoms with E-state index in [1.165, 1.54) is 11.3 Å². The Kier molecular flexibility index (Phi) is 5.08. The zero-order chi connectivity index (χ0) is 15.3. The number of carbonyl (C=O) groups excluding carboxylic acids is 1. The molecule has 112 valence electrons. The summed E-state index contributed by atoms with van der Waals surface area (Å²) in [5.74, 6) is -0.269. The van der Waals surface area contributed by atoms with Crippen molar-refractivity contribution in [2.75, 3.05) is 18.6 Å². The topological polar surface area (TPSA) is 76.1 Å². The lowest BCUT2D eigenvalue weighted by atomic mass is 10.2. The molecular formula is C14H16N2O3S2. The maximum absolute atomic E-state index is 11.7. The van der Waals surface area contributed by atoms with Gasteiger partial charge in [-0.15, -0.1) is 11.3 Å². The molecule has 0 spiro atoms. The lowest BCUT2D eigenvalue weighted by molar-refractivity contribution is -0.120. The molecule has 0 atom stereocenters. The molecule has 2 aromatic rings. The van der Waals surface area contributed by atoms with Gasteiger partial charge in [-0.2, -0.15) is 0 Å². The van der Waals surface area contributed by atoms with Crippen molar-refractivity contribution >= 4 is 27.1 Å². The van der Waals surface area contributed by atoms with E-state index in [9.17, 15) is 13.2 Å². The van der Waals surface area contributed by atoms with Gasteiger partial charge in [-0.05, 0) is 0 Å². The summed E-state index contributed by atoms with van der Waals surface area (Å²) in [6.45, 7) is 0.132. The summed E-state index contributed by atoms with van der Waals surface area (Å²) in [7, 11) is -3.05. The smallest absolute Gasteiger partial charge is 0.226 e. The van der Waals surface area contributed by atoms with Crippen LogP contribution in [-0.4, -0.2) is 37.9 Å². The molecule has 7 heteroatoms. The van der Waals surface area contributed by atoms with Gasteiger partial charge in [-0.1, -0.05) is 30.3 Å². The lowest BCUT2D eigenvalue weighted by Gasteiger charge is -2.02. The Labute approximate surface area is 128 Å². The Morgan fingerprint density at radius 2 is 2.00 bits per heavy atom. The number of amides is 1. The fraction of sp³-hybridized carbons (Fsp3) is 0.286. The second-order valence-corrected chi connectivity index (χ2v) is 7.78. The van der Waals surface area contributed by atoms with Crippen molar-refractivity contribution in [1.29, 1.82) is 0 Å². The van der Waals surface area contributed by atoms with E-state index in [0.717, 1.165) is 16.8 Å². The number of hydrogen-bond acceptors (Lipinski definition) is 5. The lowest BCUT2D eigenvalue weighted by Crippen LogP contribution is -2.30. The number of nitrogens with zero attached hydrogens (tertiary/aromatic N) is 1. The standard InChI is InChI=1S/C14H16N2O3S2/c1-21(18,19)8-7-15-13(17)9-12-10-20-14(16-12)11-5-3-2-4-6-11/h2-6,10H,7-9H2,1H3,(H,15,17). The van der Waals surface area contributed by atoms with Gasteiger partial charge in [0.15, 0.2) is 0 Å². The third-order valence-electron chi connectivity index (χ3n) is 2.71. The Morgan fingerprint density at radius 1 is 1.29 bits per heavy atom. The molecule has 0 radical (unpaired) electrons. The minimum atomic E-state index is -3.05. The minimum Gasteiger partial charge on any atom is -0.355 e. The van der Waals surface area contributed by atoms with Gasteiger partial charge >= 0.3 is 0 Å². The van der Waals surface area contributed by atoms with Gasteiger partial charge in [-0.3, -0.25) is 4.79 Å². The van der Waals surface area contributed by atoms with Gasteiger partial charge < -0.3 is 5.32 Å². The van der Waals surface area contributed by atoms with Gasteiger partial charge in [0.05, 0.1) is 17.9 Å². The first-order valence-electron chi connectivity index (χ1n) is 6.38. The number of sulfone groups is 1. The van der Waals surface area contributed by atoms with Crippen molar-refractivity contribution in [1.82, 2.24) is 10.3 Å². The van der Waals surface area contributed by atoms with Crippen LogP contribution >= 0.6 is 11.3 Å². The SMILES string of the molecule is CS(=O)(=O)CCNC(=O)Cc1csc(-c2ccccc2)n1. The number of nitrogens with one attached hydrogen (secondary N) is 1. The first kappa shape index (κ1) is 15.7. The van der Waals surface area contributed by atoms with Crippen LogP contribution in [0.4, 0.5) is 0 Å². The van der Waals surface area contributed by atoms with Crippen molar-refractivity contribution in [3.63, 3.8) is 0 Å². The number of aromatic nitrogens is 1. The zero-order valence-corrected chi connectivity index (χ0v) is 13.2. The second-order valence-electron chi connectivity index (χ2n) is 4.67. The summed E-state index contributed by atoms with van der Waals surface area (Å²) in [6.07, 6.45) is 1.30. The molecule has 21 heavy (non-hydrogen) atoms. The van der Waals surface area contributed by atoms with E-state index in [-0.39, 0.29) is 24.6 Å². The largest absolute Gasteiger partial charge is 0.355 e. The average Bonchev–Trinajstić information content (AvgIpc) is 2.86. The minimum absolute atomic E-state index is 0.0505. The second kappa shape index (κ2) is 6.82. The molecule has 0 saturated heterocycles. The van der Waals surface area contributed by atoms with E-state index in [4.69, 9.17) is 0 Å². The molecule has 2 rings (SSSR count). The maximum atomic E-state index is 11.7. The maximum Gasteiger partial charge on any atom is 0.226 e. The van der Waals surface area contributed by atoms with E-state index in [2.05, 4.69) is 10.3 Å². The first-order valence-corrected chi connectivity index (χ1v) is 9.32. The van der Waals surface area contributed by atoms with Crippen molar-refractivity contribution in [3.8, 4) is 10.6 Å². The molecule has 5 nitrogen and oxygen atoms in total. The summed E-state index contributed by atoms with van der Waals surface area (Å²) in [5.41, 5.74) is 1.71. The van der Waals surface area contributed by atoms with Crippen LogP contribution in [0.5, 0.6) is 0 Å². The molecule has 0 aliphatic rings. The van der Waals surface area contributed by atoms with E-state index in [1.807, 2.05) is 35.7 Å². The third-order valence-corrected chi connectivity index (χ3v) is 4.60. The molecule has 1 heterocycles. The Morgan fingerprint density at radius 3 is 2.67 bits per heavy atom. The Bertz CT molecular complexity index is 709. The van der Waals surface area contributed by atoms with Gasteiger partial charge in [0.1, 0.15) is 14.8 Å². The summed E-state index contributed by atoms with van der Waals surface area (Å²) in [6, 6.07) is 9.75. The number of hydrogen-bond donors (Lipinski definition) is 1. The zero-order valence-electron chi connectivity index (χ0n) is 11.6. The molecule has 1 amide bonds. The summed E-state index contributed by atoms with van der Waals surface area (Å²) in [5, 5.41) is 5.30. The molecule has 0 aliphatic carbocycles. The van der Waals surface area contributed by atoms with Crippen molar-refractivity contribution < 1.29 is 13.2 Å². The molecule has 0 unspecified atom stereocenters. The van der Waals surface area contributed by atoms with Crippen LogP contribution in [0.15, 0.2) is 35.7 Å². The van der Waals surface area contributed by atoms with Gasteiger partial charge in [0, 0.05) is 23.7 Å². The molecule has 0 bridgehead atoms. The van der Waals surface area contributed by atoms with E-state index in [0.29, 0.717) is 5.69 Å². The third kappa shape index (κ3) is 5.28. The Balaban J connectivity index is 1.89. The van der Waals surface area contributed by atoms with E-state index >= 15 is 0 Å². The summed E-state index contributed by atoms with van der Waals surface area (Å²) < 4.78 is 21.9. The number of rotatable bonds is 6. The highest BCUT2D eigenvalue weighted by Gasteiger charge is 2.09. The van der Waals surface area contributed by atoms with Gasteiger partial charge in [0.25, 0.3) is 0 Å². The van der Waals surface area contributed by atoms with Crippen LogP contribution in [0.3, 0.4) is 0 Å². The molecule has 1 N–H and O–H groups in total. The van der Waals surface area contributed by atoms with E-state index < -0.39 is 9.84 Å². The predicted molar refractivity (Wildman–Crippen MR) is 84.0 cm³/mol. The van der Waals surface area contributed by atoms with Crippen LogP contribution in [0.2, 0.25) is 0 Å². The monoisotopic (exact) mass is 324 g/mol. The summed E-state index contributed by atoms with van der Waals surface area (Å²) >= 11 is 1.49. The molecule has 1 aromatic heterocycles. The van der Waals surface area contributed by atoms with Crippen LogP contribution in [0.25, 0.3) is 10.6 Å². The molecule has 1 aromatic carbocycles. The fourth-order valence-corrected chi connectivity index (χ4v) is 3.00. The highest BCUT2D eigenvalue weighted by atomic mass is 32.2. The Hall–Kier alpha value is -1.73. The van der Waals surface area contributed by atoms with Gasteiger partial charge in [-0.25, -0.2) is 13.4 Å². The normalized spacial score (nSPS) is 11.3. The van der Waals surface area contributed by atoms with Gasteiger partial charge in [0.2, 0.25) is 5.91 Å². The van der Waals surface area contributed by atoms with Crippen LogP contribution in [-0.2, 0) is 21.1 Å². The molecule has 0 aliphatic heterocycles. The molecular weight excluding hydrogens is 308 g/mol. The van der Waals surface area contributed by atoms with Crippen molar-refractivity contribution in [2.24, 2.45) is 0 Å². The highest BCUT2D eigenvalue weighted by molar-refractivity contribution is 7.90. The number of thiazole rings is 1. The first-order chi connectivity index (χ1) is 9.94. The number of benzene rings is 1. The average molecular weight is 324 g/mol. The number of carbonyl (C=O) groups is 1. The molecule has 0 fully saturated rings. The predicted octanol–water partition coefficient (Wildman–Crippen LogP) is 1.51. The van der Waals surface area contributed by atoms with Crippen LogP contribution < -0.4 is 5.32 Å². The van der Waals surface area contributed by atoms with Crippen LogP contribution in [0.1, 0.15) is 5.69 Å². The van der Waals surface area contributed by atoms with Crippen molar-refractivity contribution in [3.05, 3.63) is 41.4 Å². The quantitative estimate of drug-likeness (QED) is 0.874. The van der Waals surface area contributed by atoms with Crippen LogP contribution in [0, 0.1) is 0 Å². The summed E-state index contributed by atoms with van der Waals surface area (Å²) in [4.78, 5) is 16.1. The van der Waals surface area contributed by atoms with E-state index in [1.54, 1.807) is 0 Å². The highest BCUT2D eigenvalue weighted by Crippen LogP contribution is 2.23. The fourth-order valence-electron chi connectivity index (χ4n) is 1.70. The van der Waals surface area contributed by atoms with Crippen molar-refractivity contribution in [2.45, 2.75) is 6.42 Å². The molecule has 0 saturated carbocycles.